The van der Waals surface area contributed by atoms with Crippen molar-refractivity contribution in [1.29, 1.82) is 0 Å². The lowest BCUT2D eigenvalue weighted by Gasteiger charge is -2.40. The molecule has 12 heteroatoms. The first-order valence-electron chi connectivity index (χ1n) is 30.9. The van der Waals surface area contributed by atoms with Gasteiger partial charge < -0.3 is 39.0 Å². The highest BCUT2D eigenvalue weighted by atomic mass is 16.7. The van der Waals surface area contributed by atoms with Crippen LogP contribution < -0.4 is 0 Å². The third-order valence-electron chi connectivity index (χ3n) is 13.7. The van der Waals surface area contributed by atoms with E-state index < -0.39 is 67.3 Å². The summed E-state index contributed by atoms with van der Waals surface area (Å²) in [6.07, 6.45) is 54.5. The number of allylic oxidation sites excluding steroid dienone is 12. The molecule has 1 heterocycles. The van der Waals surface area contributed by atoms with Gasteiger partial charge in [-0.05, 0) is 83.5 Å². The van der Waals surface area contributed by atoms with E-state index in [1.807, 2.05) is 0 Å². The summed E-state index contributed by atoms with van der Waals surface area (Å²) in [6, 6.07) is 0. The summed E-state index contributed by atoms with van der Waals surface area (Å²) < 4.78 is 28.4. The van der Waals surface area contributed by atoms with E-state index in [4.69, 9.17) is 23.7 Å². The van der Waals surface area contributed by atoms with Crippen molar-refractivity contribution in [3.8, 4) is 0 Å². The molecule has 77 heavy (non-hydrogen) atoms. The average molecular weight is 1080 g/mol. The number of hydrogen-bond donors (Lipinski definition) is 3. The molecule has 0 aliphatic carbocycles. The van der Waals surface area contributed by atoms with E-state index in [0.29, 0.717) is 19.3 Å². The van der Waals surface area contributed by atoms with Gasteiger partial charge in [0.25, 0.3) is 0 Å². The minimum absolute atomic E-state index is 0.0565. The maximum atomic E-state index is 13.1. The van der Waals surface area contributed by atoms with Gasteiger partial charge in [-0.1, -0.05) is 235 Å². The van der Waals surface area contributed by atoms with Crippen LogP contribution in [0.3, 0.4) is 0 Å². The largest absolute Gasteiger partial charge is 0.479 e. The molecule has 1 aliphatic heterocycles. The number of carbonyl (C=O) groups is 4. The first-order chi connectivity index (χ1) is 37.6. The van der Waals surface area contributed by atoms with Gasteiger partial charge in [-0.2, -0.15) is 0 Å². The van der Waals surface area contributed by atoms with Crippen LogP contribution in [0.2, 0.25) is 0 Å². The summed E-state index contributed by atoms with van der Waals surface area (Å²) in [4.78, 5) is 51.2. The monoisotopic (exact) mass is 1080 g/mol. The Bertz CT molecular complexity index is 1620. The van der Waals surface area contributed by atoms with E-state index in [9.17, 15) is 34.5 Å². The van der Waals surface area contributed by atoms with Gasteiger partial charge in [0.15, 0.2) is 24.6 Å². The lowest BCUT2D eigenvalue weighted by atomic mass is 9.98. The second-order valence-corrected chi connectivity index (χ2v) is 21.0. The van der Waals surface area contributed by atoms with E-state index in [-0.39, 0.29) is 25.9 Å². The molecule has 1 saturated heterocycles. The van der Waals surface area contributed by atoms with E-state index >= 15 is 0 Å². The number of aliphatic carboxylic acids is 1. The molecule has 1 fully saturated rings. The quantitative estimate of drug-likeness (QED) is 0.0228. The second kappa shape index (κ2) is 52.8. The molecule has 0 spiro atoms. The Hall–Kier alpha value is -3.84. The van der Waals surface area contributed by atoms with Gasteiger partial charge >= 0.3 is 23.9 Å². The summed E-state index contributed by atoms with van der Waals surface area (Å²) in [5, 5.41) is 31.5. The fourth-order valence-electron chi connectivity index (χ4n) is 9.04. The molecule has 1 aliphatic rings. The molecule has 0 radical (unpaired) electrons. The molecule has 0 bridgehead atoms. The van der Waals surface area contributed by atoms with Crippen LogP contribution in [-0.4, -0.2) is 89.2 Å². The molecule has 0 aromatic carbocycles. The molecule has 0 saturated carbocycles. The smallest absolute Gasteiger partial charge is 0.335 e. The zero-order valence-electron chi connectivity index (χ0n) is 48.7. The van der Waals surface area contributed by atoms with Crippen LogP contribution in [-0.2, 0) is 42.9 Å². The van der Waals surface area contributed by atoms with Gasteiger partial charge in [0.1, 0.15) is 18.8 Å². The predicted molar refractivity (Wildman–Crippen MR) is 312 cm³/mol. The number of aliphatic hydroxyl groups is 2. The van der Waals surface area contributed by atoms with Gasteiger partial charge in [-0.3, -0.25) is 14.4 Å². The first-order valence-corrected chi connectivity index (χ1v) is 30.9. The molecule has 0 amide bonds. The van der Waals surface area contributed by atoms with Crippen LogP contribution in [0.5, 0.6) is 0 Å². The number of ether oxygens (including phenoxy) is 5. The topological polar surface area (TPSA) is 175 Å². The second-order valence-electron chi connectivity index (χ2n) is 21.0. The Balaban J connectivity index is 2.67. The van der Waals surface area contributed by atoms with Crippen molar-refractivity contribution in [2.75, 3.05) is 13.2 Å². The number of hydrogen-bond acceptors (Lipinski definition) is 11. The minimum Gasteiger partial charge on any atom is -0.479 e. The van der Waals surface area contributed by atoms with E-state index in [1.54, 1.807) is 0 Å². The Labute approximate surface area is 468 Å². The van der Waals surface area contributed by atoms with Gasteiger partial charge in [0.2, 0.25) is 0 Å². The Morgan fingerprint density at radius 2 is 0.844 bits per heavy atom. The SMILES string of the molecule is CC/C=C\C/C=C\C/C=C\C/C=C\CCCCC(=O)OCC(COC1OC(C(=O)O)C(O)C(O)C1OC(=O)CCCCCCCCCCCCCCCCCCCCC)OC(=O)CCCCCCC/C=C\C/C=C\CCC. The van der Waals surface area contributed by atoms with E-state index in [0.717, 1.165) is 116 Å². The number of rotatable bonds is 52. The average Bonchev–Trinajstić information content (AvgIpc) is 3.42. The van der Waals surface area contributed by atoms with Crippen LogP contribution >= 0.6 is 0 Å². The van der Waals surface area contributed by atoms with Crippen molar-refractivity contribution in [3.63, 3.8) is 0 Å². The van der Waals surface area contributed by atoms with Crippen molar-refractivity contribution >= 4 is 23.9 Å². The van der Waals surface area contributed by atoms with Crippen LogP contribution in [0.4, 0.5) is 0 Å². The van der Waals surface area contributed by atoms with Crippen molar-refractivity contribution in [2.24, 2.45) is 0 Å². The normalized spacial score (nSPS) is 18.5. The Kier molecular flexibility index (Phi) is 48.8. The molecular formula is C65H110O12. The molecular weight excluding hydrogens is 973 g/mol. The molecule has 0 aromatic rings. The highest BCUT2D eigenvalue weighted by Crippen LogP contribution is 2.26. The Morgan fingerprint density at radius 3 is 1.32 bits per heavy atom. The molecule has 1 rings (SSSR count). The molecule has 442 valence electrons. The standard InChI is InChI=1S/C65H110O12/c1-4-7-10-13-16-19-22-25-27-28-29-30-32-35-38-41-44-47-50-53-59(68)76-63-61(70)60(69)62(64(71)72)77-65(63)74-55-56(75-58(67)52-49-46-43-40-37-33-24-21-18-15-12-9-6-3)54-73-57(66)51-48-45-42-39-36-34-31-26-23-20-17-14-11-8-5-2/h8,11-12,15,17,20-21,24,26,31,36,39,56,60-63,65,69-70H,4-7,9-10,13-14,16,18-19,22-23,25,27-30,32-35,37-38,40-55H2,1-3H3,(H,71,72)/b11-8-,15-12-,20-17-,24-21-,31-26-,39-36-. The molecule has 12 nitrogen and oxygen atoms in total. The lowest BCUT2D eigenvalue weighted by Crippen LogP contribution is -2.61. The maximum absolute atomic E-state index is 13.1. The van der Waals surface area contributed by atoms with Crippen LogP contribution in [0.25, 0.3) is 0 Å². The predicted octanol–water partition coefficient (Wildman–Crippen LogP) is 16.1. The number of carboxylic acids is 1. The van der Waals surface area contributed by atoms with Gasteiger partial charge in [-0.25, -0.2) is 4.79 Å². The van der Waals surface area contributed by atoms with Gasteiger partial charge in [-0.15, -0.1) is 0 Å². The van der Waals surface area contributed by atoms with E-state index in [2.05, 4.69) is 93.7 Å². The van der Waals surface area contributed by atoms with Gasteiger partial charge in [0.05, 0.1) is 6.61 Å². The summed E-state index contributed by atoms with van der Waals surface area (Å²) in [5.74, 6) is -3.18. The highest BCUT2D eigenvalue weighted by molar-refractivity contribution is 5.74. The Morgan fingerprint density at radius 1 is 0.442 bits per heavy atom. The number of unbranched alkanes of at least 4 members (excludes halogenated alkanes) is 26. The number of carbonyl (C=O) groups excluding carboxylic acids is 3. The third-order valence-corrected chi connectivity index (χ3v) is 13.7. The zero-order valence-corrected chi connectivity index (χ0v) is 48.7. The van der Waals surface area contributed by atoms with Crippen molar-refractivity contribution < 1.29 is 58.2 Å². The van der Waals surface area contributed by atoms with Crippen molar-refractivity contribution in [1.82, 2.24) is 0 Å². The molecule has 6 atom stereocenters. The molecule has 6 unspecified atom stereocenters. The number of esters is 3. The van der Waals surface area contributed by atoms with Crippen LogP contribution in [0.1, 0.15) is 265 Å². The summed E-state index contributed by atoms with van der Waals surface area (Å²) in [5.41, 5.74) is 0. The summed E-state index contributed by atoms with van der Waals surface area (Å²) in [7, 11) is 0. The zero-order chi connectivity index (χ0) is 56.1. The molecule has 3 N–H and O–H groups in total. The van der Waals surface area contributed by atoms with Crippen LogP contribution in [0.15, 0.2) is 72.9 Å². The van der Waals surface area contributed by atoms with E-state index in [1.165, 1.54) is 89.9 Å². The highest BCUT2D eigenvalue weighted by Gasteiger charge is 2.50. The lowest BCUT2D eigenvalue weighted by molar-refractivity contribution is -0.301. The third kappa shape index (κ3) is 42.7. The van der Waals surface area contributed by atoms with Crippen LogP contribution in [0, 0.1) is 0 Å². The maximum Gasteiger partial charge on any atom is 0.335 e. The molecule has 0 aromatic heterocycles. The van der Waals surface area contributed by atoms with Crippen molar-refractivity contribution in [3.05, 3.63) is 72.9 Å². The fourth-order valence-corrected chi connectivity index (χ4v) is 9.04. The first kappa shape index (κ1) is 71.2. The fraction of sp³-hybridized carbons (Fsp3) is 0.754. The summed E-state index contributed by atoms with van der Waals surface area (Å²) in [6.45, 7) is 5.79. The summed E-state index contributed by atoms with van der Waals surface area (Å²) >= 11 is 0. The minimum atomic E-state index is -1.91. The number of carboxylic acid groups (broad SMARTS) is 1. The van der Waals surface area contributed by atoms with Gasteiger partial charge in [0, 0.05) is 19.3 Å². The number of aliphatic hydroxyl groups excluding tert-OH is 2. The van der Waals surface area contributed by atoms with Crippen molar-refractivity contribution in [2.45, 2.75) is 302 Å².